The molecule has 0 spiro atoms. The van der Waals surface area contributed by atoms with Crippen molar-refractivity contribution in [1.82, 2.24) is 19.5 Å². The maximum atomic E-state index is 6.31. The minimum atomic E-state index is 0.580. The number of fused-ring (bicyclic) bond motifs is 11. The molecule has 4 aromatic heterocycles. The summed E-state index contributed by atoms with van der Waals surface area (Å²) in [6.45, 7) is 4.00. The molecule has 0 atom stereocenters. The maximum absolute atomic E-state index is 6.31. The fourth-order valence-corrected chi connectivity index (χ4v) is 12.3. The number of aromatic nitrogens is 4. The number of hydrogen-bond acceptors (Lipinski definition) is 5. The smallest absolute Gasteiger partial charge is 0.164 e. The first-order valence-electron chi connectivity index (χ1n) is 25.6. The zero-order valence-corrected chi connectivity index (χ0v) is 42.0. The van der Waals surface area contributed by atoms with Crippen LogP contribution in [0.1, 0.15) is 13.8 Å². The van der Waals surface area contributed by atoms with Crippen LogP contribution in [0, 0.1) is 0 Å². The van der Waals surface area contributed by atoms with Crippen LogP contribution in [0.2, 0.25) is 0 Å². The minimum Gasteiger partial charge on any atom is -0.456 e. The zero-order valence-electron chi connectivity index (χ0n) is 41.2. The summed E-state index contributed by atoms with van der Waals surface area (Å²) >= 11 is 1.87. The number of para-hydroxylation sites is 2. The lowest BCUT2D eigenvalue weighted by Crippen LogP contribution is -2.00. The molecule has 0 saturated carbocycles. The number of nitrogens with zero attached hydrogens (tertiary/aromatic N) is 4. The summed E-state index contributed by atoms with van der Waals surface area (Å²) in [5.74, 6) is 1.78. The van der Waals surface area contributed by atoms with Gasteiger partial charge in [-0.25, -0.2) is 15.0 Å². The molecule has 0 aliphatic heterocycles. The molecule has 0 N–H and O–H groups in total. The molecule has 0 unspecified atom stereocenters. The lowest BCUT2D eigenvalue weighted by Gasteiger charge is -2.14. The Labute approximate surface area is 437 Å². The number of rotatable bonds is 7. The van der Waals surface area contributed by atoms with E-state index < -0.39 is 0 Å². The second-order valence-electron chi connectivity index (χ2n) is 18.7. The molecule has 75 heavy (non-hydrogen) atoms. The Morgan fingerprint density at radius 2 is 0.920 bits per heavy atom. The Morgan fingerprint density at radius 3 is 1.75 bits per heavy atom. The van der Waals surface area contributed by atoms with Gasteiger partial charge >= 0.3 is 0 Å². The largest absolute Gasteiger partial charge is 0.456 e. The highest BCUT2D eigenvalue weighted by atomic mass is 32.1. The van der Waals surface area contributed by atoms with E-state index in [0.717, 1.165) is 61.0 Å². The van der Waals surface area contributed by atoms with Gasteiger partial charge in [-0.05, 0) is 93.2 Å². The van der Waals surface area contributed by atoms with Crippen molar-refractivity contribution in [3.05, 3.63) is 243 Å². The van der Waals surface area contributed by atoms with E-state index in [2.05, 4.69) is 193 Å². The summed E-state index contributed by atoms with van der Waals surface area (Å²) in [6.07, 6.45) is 0. The van der Waals surface area contributed by atoms with Gasteiger partial charge in [0, 0.05) is 69.7 Å². The highest BCUT2D eigenvalue weighted by Crippen LogP contribution is 2.44. The quantitative estimate of drug-likeness (QED) is 0.160. The summed E-state index contributed by atoms with van der Waals surface area (Å²) < 4.78 is 11.4. The van der Waals surface area contributed by atoms with E-state index in [1.807, 2.05) is 79.8 Å². The average Bonchev–Trinajstić information content (AvgIpc) is 4.23. The third-order valence-electron chi connectivity index (χ3n) is 14.4. The molecule has 0 radical (unpaired) electrons. The fourth-order valence-electron chi connectivity index (χ4n) is 11.0. The van der Waals surface area contributed by atoms with Gasteiger partial charge in [-0.1, -0.05) is 202 Å². The van der Waals surface area contributed by atoms with Crippen LogP contribution in [0.25, 0.3) is 148 Å². The second-order valence-corrected chi connectivity index (χ2v) is 19.7. The van der Waals surface area contributed by atoms with Crippen molar-refractivity contribution in [2.45, 2.75) is 13.8 Å². The normalized spacial score (nSPS) is 11.6. The van der Waals surface area contributed by atoms with E-state index in [1.54, 1.807) is 0 Å². The third kappa shape index (κ3) is 7.49. The maximum Gasteiger partial charge on any atom is 0.164 e. The molecule has 0 aliphatic rings. The Kier molecular flexibility index (Phi) is 10.7. The van der Waals surface area contributed by atoms with E-state index in [9.17, 15) is 0 Å². The predicted octanol–water partition coefficient (Wildman–Crippen LogP) is 19.4. The third-order valence-corrected chi connectivity index (χ3v) is 15.6. The molecule has 0 amide bonds. The van der Waals surface area contributed by atoms with Crippen LogP contribution < -0.4 is 0 Å². The van der Waals surface area contributed by atoms with E-state index in [1.165, 1.54) is 69.5 Å². The van der Waals surface area contributed by atoms with Crippen LogP contribution in [0.4, 0.5) is 0 Å². The molecule has 0 fully saturated rings. The predicted molar refractivity (Wildman–Crippen MR) is 316 cm³/mol. The summed E-state index contributed by atoms with van der Waals surface area (Å²) in [6, 6.07) is 86.6. The number of benzene rings is 11. The van der Waals surface area contributed by atoms with E-state index in [0.29, 0.717) is 17.5 Å². The van der Waals surface area contributed by atoms with E-state index >= 15 is 0 Å². The van der Waals surface area contributed by atoms with Gasteiger partial charge in [-0.15, -0.1) is 11.3 Å². The van der Waals surface area contributed by atoms with E-state index in [-0.39, 0.29) is 0 Å². The van der Waals surface area contributed by atoms with Gasteiger partial charge < -0.3 is 8.98 Å². The van der Waals surface area contributed by atoms with Crippen LogP contribution in [0.15, 0.2) is 247 Å². The van der Waals surface area contributed by atoms with Crippen molar-refractivity contribution < 1.29 is 4.42 Å². The highest BCUT2D eigenvalue weighted by molar-refractivity contribution is 7.26. The second kappa shape index (κ2) is 18.2. The number of furan rings is 1. The first-order chi connectivity index (χ1) is 37.2. The molecule has 4 heterocycles. The topological polar surface area (TPSA) is 56.7 Å². The van der Waals surface area contributed by atoms with Crippen molar-refractivity contribution in [3.63, 3.8) is 0 Å². The first-order valence-corrected chi connectivity index (χ1v) is 26.4. The highest BCUT2D eigenvalue weighted by Gasteiger charge is 2.21. The van der Waals surface area contributed by atoms with Gasteiger partial charge in [0.25, 0.3) is 0 Å². The molecule has 11 aromatic carbocycles. The molecule has 5 nitrogen and oxygen atoms in total. The molecular formula is C69H46N4OS. The lowest BCUT2D eigenvalue weighted by atomic mass is 9.96. The van der Waals surface area contributed by atoms with Gasteiger partial charge in [0.15, 0.2) is 17.5 Å². The van der Waals surface area contributed by atoms with Gasteiger partial charge in [0.1, 0.15) is 11.2 Å². The molecule has 354 valence electrons. The first kappa shape index (κ1) is 44.2. The molecule has 15 rings (SSSR count). The summed E-state index contributed by atoms with van der Waals surface area (Å²) in [4.78, 5) is 15.3. The Hall–Kier alpha value is -9.49. The number of thiophene rings is 1. The van der Waals surface area contributed by atoms with E-state index in [4.69, 9.17) is 19.4 Å². The van der Waals surface area contributed by atoms with Gasteiger partial charge in [-0.2, -0.15) is 0 Å². The SMILES string of the molecule is CC.c1ccc(-c2nc(-c3cccc(-c4cccc(-n5c6ccc7ccccc7c6c6cccc(-c7cccc(-c8cccc9c8sc8ccccc89)c7)c65)c4)c3)nc(-c3ccc4c(c3)oc3ccccc34)n2)cc1. The van der Waals surface area contributed by atoms with Crippen molar-refractivity contribution in [3.8, 4) is 73.2 Å². The van der Waals surface area contributed by atoms with Crippen molar-refractivity contribution in [1.29, 1.82) is 0 Å². The van der Waals surface area contributed by atoms with Crippen LogP contribution in [-0.2, 0) is 0 Å². The van der Waals surface area contributed by atoms with Crippen LogP contribution in [-0.4, -0.2) is 19.5 Å². The van der Waals surface area contributed by atoms with Crippen molar-refractivity contribution >= 4 is 86.0 Å². The van der Waals surface area contributed by atoms with Crippen molar-refractivity contribution in [2.75, 3.05) is 0 Å². The number of hydrogen-bond donors (Lipinski definition) is 0. The Bertz CT molecular complexity index is 4700. The molecule has 0 aliphatic carbocycles. The lowest BCUT2D eigenvalue weighted by molar-refractivity contribution is 0.669. The standard InChI is InChI=1S/C67H40N4OS.C2H6/c1-2-16-42(17-3-1)65-68-66(70-67(69-65)48-33-35-54-53-25-6-8-31-59(53)72-60(54)40-48)47-22-10-18-43(37-47)44-19-12-23-49(39-44)71-58-36-34-41-15-4-5-24-50(41)62(58)57-30-13-27-51(63(57)71)45-20-11-21-46(38-45)52-28-14-29-56-55-26-7-9-32-61(55)73-64(52)56;1-2/h1-40H;1-2H3. The zero-order chi connectivity index (χ0) is 50.0. The van der Waals surface area contributed by atoms with Crippen LogP contribution in [0.3, 0.4) is 0 Å². The molecule has 6 heteroatoms. The molecular weight excluding hydrogens is 933 g/mol. The Morgan fingerprint density at radius 1 is 0.360 bits per heavy atom. The van der Waals surface area contributed by atoms with Gasteiger partial charge in [0.05, 0.1) is 11.0 Å². The summed E-state index contributed by atoms with van der Waals surface area (Å²) in [5, 5.41) is 9.66. The molecule has 0 saturated heterocycles. The fraction of sp³-hybridized carbons (Fsp3) is 0.0290. The molecule has 0 bridgehead atoms. The summed E-state index contributed by atoms with van der Waals surface area (Å²) in [7, 11) is 0. The van der Waals surface area contributed by atoms with Crippen molar-refractivity contribution in [2.24, 2.45) is 0 Å². The average molecular weight is 979 g/mol. The minimum absolute atomic E-state index is 0.580. The van der Waals surface area contributed by atoms with Gasteiger partial charge in [0.2, 0.25) is 0 Å². The molecule has 15 aromatic rings. The summed E-state index contributed by atoms with van der Waals surface area (Å²) in [5.41, 5.74) is 14.7. The van der Waals surface area contributed by atoms with Crippen LogP contribution >= 0.6 is 11.3 Å². The monoisotopic (exact) mass is 978 g/mol. The van der Waals surface area contributed by atoms with Crippen LogP contribution in [0.5, 0.6) is 0 Å². The van der Waals surface area contributed by atoms with Gasteiger partial charge in [-0.3, -0.25) is 0 Å². The Balaban J connectivity index is 0.00000255.